The Balaban J connectivity index is 2.03. The number of benzene rings is 1. The van der Waals surface area contributed by atoms with Gasteiger partial charge in [0.25, 0.3) is 5.69 Å². The fourth-order valence-electron chi connectivity index (χ4n) is 2.00. The van der Waals surface area contributed by atoms with E-state index in [0.717, 1.165) is 6.42 Å². The van der Waals surface area contributed by atoms with Gasteiger partial charge >= 0.3 is 12.0 Å². The predicted molar refractivity (Wildman–Crippen MR) is 69.5 cm³/mol. The van der Waals surface area contributed by atoms with Crippen LogP contribution in [0.25, 0.3) is 0 Å². The standard InChI is InChI=1S/C12H13N3O5/c16-10(17)12(5-2-6-12)14-11(18)13-8-3-1-4-9(7-8)15(19)20/h1,3-4,7H,2,5-6H2,(H,16,17)(H2,13,14,18). The first-order chi connectivity index (χ1) is 9.43. The highest BCUT2D eigenvalue weighted by molar-refractivity contribution is 5.94. The number of urea groups is 1. The molecule has 0 saturated heterocycles. The van der Waals surface area contributed by atoms with Gasteiger partial charge in [-0.3, -0.25) is 10.1 Å². The van der Waals surface area contributed by atoms with E-state index in [1.54, 1.807) is 0 Å². The van der Waals surface area contributed by atoms with Crippen LogP contribution in [-0.4, -0.2) is 27.6 Å². The van der Waals surface area contributed by atoms with Crippen molar-refractivity contribution in [2.24, 2.45) is 0 Å². The topological polar surface area (TPSA) is 122 Å². The maximum absolute atomic E-state index is 11.8. The van der Waals surface area contributed by atoms with Gasteiger partial charge in [0.05, 0.1) is 4.92 Å². The van der Waals surface area contributed by atoms with Crippen LogP contribution in [0.2, 0.25) is 0 Å². The van der Waals surface area contributed by atoms with E-state index in [2.05, 4.69) is 10.6 Å². The summed E-state index contributed by atoms with van der Waals surface area (Å²) in [6, 6.07) is 4.74. The summed E-state index contributed by atoms with van der Waals surface area (Å²) in [6.45, 7) is 0. The molecular formula is C12H13N3O5. The Morgan fingerprint density at radius 3 is 2.55 bits per heavy atom. The molecule has 8 heteroatoms. The van der Waals surface area contributed by atoms with Gasteiger partial charge in [-0.25, -0.2) is 9.59 Å². The van der Waals surface area contributed by atoms with Gasteiger partial charge in [0.2, 0.25) is 0 Å². The Morgan fingerprint density at radius 2 is 2.05 bits per heavy atom. The second-order valence-corrected chi connectivity index (χ2v) is 4.63. The van der Waals surface area contributed by atoms with Crippen LogP contribution < -0.4 is 10.6 Å². The highest BCUT2D eigenvalue weighted by Crippen LogP contribution is 2.32. The molecule has 1 aliphatic rings. The third-order valence-corrected chi connectivity index (χ3v) is 3.28. The van der Waals surface area contributed by atoms with Crippen LogP contribution in [0.1, 0.15) is 19.3 Å². The number of nitro groups is 1. The summed E-state index contributed by atoms with van der Waals surface area (Å²) in [4.78, 5) is 32.9. The average molecular weight is 279 g/mol. The van der Waals surface area contributed by atoms with Crippen LogP contribution in [0.15, 0.2) is 24.3 Å². The van der Waals surface area contributed by atoms with Gasteiger partial charge in [0, 0.05) is 17.8 Å². The summed E-state index contributed by atoms with van der Waals surface area (Å²) in [5.41, 5.74) is -1.14. The largest absolute Gasteiger partial charge is 0.480 e. The number of hydrogen-bond donors (Lipinski definition) is 3. The van der Waals surface area contributed by atoms with Crippen molar-refractivity contribution >= 4 is 23.4 Å². The number of nitrogens with zero attached hydrogens (tertiary/aromatic N) is 1. The second-order valence-electron chi connectivity index (χ2n) is 4.63. The van der Waals surface area contributed by atoms with Gasteiger partial charge in [-0.05, 0) is 25.3 Å². The molecule has 1 saturated carbocycles. The highest BCUT2D eigenvalue weighted by atomic mass is 16.6. The zero-order valence-electron chi connectivity index (χ0n) is 10.5. The molecule has 1 fully saturated rings. The molecule has 2 rings (SSSR count). The Kier molecular flexibility index (Phi) is 3.55. The van der Waals surface area contributed by atoms with E-state index in [-0.39, 0.29) is 11.4 Å². The van der Waals surface area contributed by atoms with E-state index < -0.39 is 22.5 Å². The Bertz CT molecular complexity index is 568. The first-order valence-electron chi connectivity index (χ1n) is 6.00. The molecule has 0 heterocycles. The van der Waals surface area contributed by atoms with E-state index in [4.69, 9.17) is 5.11 Å². The van der Waals surface area contributed by atoms with E-state index in [9.17, 15) is 19.7 Å². The number of aliphatic carboxylic acids is 1. The first kappa shape index (κ1) is 13.8. The monoisotopic (exact) mass is 279 g/mol. The average Bonchev–Trinajstić information content (AvgIpc) is 2.33. The van der Waals surface area contributed by atoms with Gasteiger partial charge in [-0.1, -0.05) is 6.07 Å². The lowest BCUT2D eigenvalue weighted by molar-refractivity contribution is -0.384. The van der Waals surface area contributed by atoms with Crippen LogP contribution in [0, 0.1) is 10.1 Å². The molecule has 1 aliphatic carbocycles. The molecule has 20 heavy (non-hydrogen) atoms. The molecule has 0 aliphatic heterocycles. The van der Waals surface area contributed by atoms with Crippen molar-refractivity contribution in [3.05, 3.63) is 34.4 Å². The summed E-state index contributed by atoms with van der Waals surface area (Å²) < 4.78 is 0. The quantitative estimate of drug-likeness (QED) is 0.572. The smallest absolute Gasteiger partial charge is 0.329 e. The fourth-order valence-corrected chi connectivity index (χ4v) is 2.00. The van der Waals surface area contributed by atoms with Crippen LogP contribution in [0.4, 0.5) is 16.2 Å². The SMILES string of the molecule is O=C(Nc1cccc([N+](=O)[O-])c1)NC1(C(=O)O)CCC1. The summed E-state index contributed by atoms with van der Waals surface area (Å²) >= 11 is 0. The number of carboxylic acid groups (broad SMARTS) is 1. The zero-order valence-corrected chi connectivity index (χ0v) is 10.5. The van der Waals surface area contributed by atoms with Crippen LogP contribution >= 0.6 is 0 Å². The number of rotatable bonds is 4. The lowest BCUT2D eigenvalue weighted by atomic mass is 9.77. The molecule has 0 radical (unpaired) electrons. The van der Waals surface area contributed by atoms with Crippen molar-refractivity contribution in [2.75, 3.05) is 5.32 Å². The second kappa shape index (κ2) is 5.16. The fraction of sp³-hybridized carbons (Fsp3) is 0.333. The number of non-ortho nitro benzene ring substituents is 1. The van der Waals surface area contributed by atoms with E-state index >= 15 is 0 Å². The van der Waals surface area contributed by atoms with Gasteiger partial charge in [-0.2, -0.15) is 0 Å². The first-order valence-corrected chi connectivity index (χ1v) is 6.00. The molecule has 0 spiro atoms. The minimum absolute atomic E-state index is 0.153. The molecule has 8 nitrogen and oxygen atoms in total. The number of nitrogens with one attached hydrogen (secondary N) is 2. The molecule has 1 aromatic carbocycles. The van der Waals surface area contributed by atoms with Crippen molar-refractivity contribution in [3.8, 4) is 0 Å². The highest BCUT2D eigenvalue weighted by Gasteiger charge is 2.45. The summed E-state index contributed by atoms with van der Waals surface area (Å²) in [6.07, 6.45) is 1.50. The summed E-state index contributed by atoms with van der Waals surface area (Å²) in [5.74, 6) is -1.07. The van der Waals surface area contributed by atoms with E-state index in [0.29, 0.717) is 12.8 Å². The molecule has 0 bridgehead atoms. The van der Waals surface area contributed by atoms with Crippen LogP contribution in [-0.2, 0) is 4.79 Å². The molecule has 0 aromatic heterocycles. The van der Waals surface area contributed by atoms with Crippen molar-refractivity contribution in [1.29, 1.82) is 0 Å². The van der Waals surface area contributed by atoms with Crippen molar-refractivity contribution in [3.63, 3.8) is 0 Å². The molecule has 0 atom stereocenters. The van der Waals surface area contributed by atoms with Gasteiger partial charge in [-0.15, -0.1) is 0 Å². The lowest BCUT2D eigenvalue weighted by Crippen LogP contribution is -2.60. The van der Waals surface area contributed by atoms with Gasteiger partial charge in [0.1, 0.15) is 5.54 Å². The number of nitro benzene ring substituents is 1. The minimum Gasteiger partial charge on any atom is -0.480 e. The summed E-state index contributed by atoms with van der Waals surface area (Å²) in [5, 5.41) is 24.5. The summed E-state index contributed by atoms with van der Waals surface area (Å²) in [7, 11) is 0. The van der Waals surface area contributed by atoms with E-state index in [1.807, 2.05) is 0 Å². The van der Waals surface area contributed by atoms with Gasteiger partial charge < -0.3 is 15.7 Å². The molecule has 3 N–H and O–H groups in total. The maximum Gasteiger partial charge on any atom is 0.329 e. The normalized spacial score (nSPS) is 15.8. The third-order valence-electron chi connectivity index (χ3n) is 3.28. The third kappa shape index (κ3) is 2.68. The Labute approximate surface area is 113 Å². The number of carbonyl (C=O) groups is 2. The number of amides is 2. The zero-order chi connectivity index (χ0) is 14.8. The Morgan fingerprint density at radius 1 is 1.35 bits per heavy atom. The predicted octanol–water partition coefficient (Wildman–Crippen LogP) is 1.72. The number of carbonyl (C=O) groups excluding carboxylic acids is 1. The molecular weight excluding hydrogens is 266 g/mol. The Hall–Kier alpha value is -2.64. The van der Waals surface area contributed by atoms with Crippen molar-refractivity contribution in [2.45, 2.75) is 24.8 Å². The number of anilines is 1. The molecule has 1 aromatic rings. The minimum atomic E-state index is -1.22. The van der Waals surface area contributed by atoms with Crippen molar-refractivity contribution < 1.29 is 19.6 Å². The molecule has 2 amide bonds. The van der Waals surface area contributed by atoms with Crippen LogP contribution in [0.3, 0.4) is 0 Å². The van der Waals surface area contributed by atoms with E-state index in [1.165, 1.54) is 24.3 Å². The molecule has 106 valence electrons. The number of carboxylic acids is 1. The maximum atomic E-state index is 11.8. The molecule has 0 unspecified atom stereocenters. The van der Waals surface area contributed by atoms with Crippen molar-refractivity contribution in [1.82, 2.24) is 5.32 Å². The number of hydrogen-bond acceptors (Lipinski definition) is 4. The lowest BCUT2D eigenvalue weighted by Gasteiger charge is -2.38. The van der Waals surface area contributed by atoms with Gasteiger partial charge in [0.15, 0.2) is 0 Å². The van der Waals surface area contributed by atoms with Crippen LogP contribution in [0.5, 0.6) is 0 Å².